The van der Waals surface area contributed by atoms with Gasteiger partial charge in [0.2, 0.25) is 0 Å². The third-order valence-electron chi connectivity index (χ3n) is 1.66. The van der Waals surface area contributed by atoms with Gasteiger partial charge in [-0.15, -0.1) is 0 Å². The molecule has 0 amide bonds. The van der Waals surface area contributed by atoms with E-state index >= 15 is 0 Å². The Kier molecular flexibility index (Phi) is 3.60. The van der Waals surface area contributed by atoms with Gasteiger partial charge in [0, 0.05) is 12.1 Å². The molecule has 0 aliphatic heterocycles. The summed E-state index contributed by atoms with van der Waals surface area (Å²) in [5.41, 5.74) is -6.78. The number of rotatable bonds is 3. The summed E-state index contributed by atoms with van der Waals surface area (Å²) in [6.07, 6.45) is -0.216. The molecular weight excluding hydrogens is 287 g/mol. The van der Waals surface area contributed by atoms with Gasteiger partial charge in [-0.25, -0.2) is 8.78 Å². The van der Waals surface area contributed by atoms with Crippen molar-refractivity contribution >= 4 is 16.4 Å². The van der Waals surface area contributed by atoms with Crippen LogP contribution in [0.4, 0.5) is 22.0 Å². The topological polar surface area (TPSA) is 60.4 Å². The lowest BCUT2D eigenvalue weighted by Gasteiger charge is -2.09. The van der Waals surface area contributed by atoms with Gasteiger partial charge in [0.15, 0.2) is 6.29 Å². The number of carbonyl (C=O) groups excluding carboxylic acids is 1. The average molecular weight is 290 g/mol. The summed E-state index contributed by atoms with van der Waals surface area (Å²) in [5.74, 6) is -4.32. The minimum absolute atomic E-state index is 0.149. The lowest BCUT2D eigenvalue weighted by atomic mass is 10.2. The van der Waals surface area contributed by atoms with E-state index in [0.29, 0.717) is 0 Å². The molecule has 0 aromatic heterocycles. The van der Waals surface area contributed by atoms with Crippen LogP contribution in [0.3, 0.4) is 0 Å². The van der Waals surface area contributed by atoms with Crippen LogP contribution in [0.15, 0.2) is 12.1 Å². The highest BCUT2D eigenvalue weighted by atomic mass is 32.2. The number of hydrogen-bond donors (Lipinski definition) is 0. The van der Waals surface area contributed by atoms with Crippen molar-refractivity contribution in [3.05, 3.63) is 29.3 Å². The van der Waals surface area contributed by atoms with Crippen LogP contribution in [-0.4, -0.2) is 20.2 Å². The maximum atomic E-state index is 13.0. The summed E-state index contributed by atoms with van der Waals surface area (Å²) >= 11 is 0. The van der Waals surface area contributed by atoms with Gasteiger partial charge < -0.3 is 4.18 Å². The molecule has 0 fully saturated rings. The first-order valence-corrected chi connectivity index (χ1v) is 5.44. The van der Waals surface area contributed by atoms with Gasteiger partial charge in [0.1, 0.15) is 17.4 Å². The molecule has 10 heteroatoms. The lowest BCUT2D eigenvalue weighted by Crippen LogP contribution is -2.28. The Morgan fingerprint density at radius 2 is 1.56 bits per heavy atom. The predicted molar refractivity (Wildman–Crippen MR) is 47.3 cm³/mol. The first kappa shape index (κ1) is 14.4. The Labute approximate surface area is 97.1 Å². The fourth-order valence-corrected chi connectivity index (χ4v) is 1.34. The van der Waals surface area contributed by atoms with Crippen molar-refractivity contribution in [1.29, 1.82) is 0 Å². The van der Waals surface area contributed by atoms with Crippen LogP contribution in [0.2, 0.25) is 0 Å². The number of hydrogen-bond acceptors (Lipinski definition) is 4. The van der Waals surface area contributed by atoms with Crippen LogP contribution in [0, 0.1) is 11.6 Å². The second kappa shape index (κ2) is 4.52. The van der Waals surface area contributed by atoms with Crippen molar-refractivity contribution in [2.75, 3.05) is 0 Å². The predicted octanol–water partition coefficient (Wildman–Crippen LogP) is 2.01. The lowest BCUT2D eigenvalue weighted by molar-refractivity contribution is -0.0500. The zero-order valence-electron chi connectivity index (χ0n) is 8.16. The Morgan fingerprint density at radius 3 is 1.89 bits per heavy atom. The largest absolute Gasteiger partial charge is 0.534 e. The van der Waals surface area contributed by atoms with Crippen molar-refractivity contribution in [2.45, 2.75) is 5.51 Å². The van der Waals surface area contributed by atoms with E-state index < -0.39 is 38.6 Å². The normalized spacial score (nSPS) is 12.3. The Balaban J connectivity index is 3.20. The van der Waals surface area contributed by atoms with Crippen molar-refractivity contribution in [1.82, 2.24) is 0 Å². The second-order valence-electron chi connectivity index (χ2n) is 2.90. The molecule has 0 spiro atoms. The zero-order chi connectivity index (χ0) is 14.1. The first-order valence-electron chi connectivity index (χ1n) is 4.03. The third kappa shape index (κ3) is 2.75. The second-order valence-corrected chi connectivity index (χ2v) is 4.44. The van der Waals surface area contributed by atoms with E-state index in [1.165, 1.54) is 0 Å². The molecule has 0 N–H and O–H groups in total. The SMILES string of the molecule is O=Cc1c(F)cc(OS(=O)(=O)C(F)(F)F)cc1F. The van der Waals surface area contributed by atoms with Crippen LogP contribution in [0.5, 0.6) is 5.75 Å². The molecule has 0 atom stereocenters. The molecule has 0 radical (unpaired) electrons. The molecule has 4 nitrogen and oxygen atoms in total. The summed E-state index contributed by atoms with van der Waals surface area (Å²) in [7, 11) is -6.03. The summed E-state index contributed by atoms with van der Waals surface area (Å²) in [6.45, 7) is 0. The quantitative estimate of drug-likeness (QED) is 0.370. The fourth-order valence-electron chi connectivity index (χ4n) is 0.896. The molecule has 0 saturated carbocycles. The van der Waals surface area contributed by atoms with Crippen LogP contribution in [0.25, 0.3) is 0 Å². The van der Waals surface area contributed by atoms with E-state index in [1.807, 2.05) is 0 Å². The van der Waals surface area contributed by atoms with E-state index in [4.69, 9.17) is 0 Å². The highest BCUT2D eigenvalue weighted by Crippen LogP contribution is 2.28. The molecular formula is C8H3F5O4S. The van der Waals surface area contributed by atoms with Crippen LogP contribution in [0.1, 0.15) is 10.4 Å². The minimum Gasteiger partial charge on any atom is -0.376 e. The standard InChI is InChI=1S/C8H3F5O4S/c9-6-1-4(2-7(10)5(6)3-14)17-18(15,16)8(11,12)13/h1-3H. The van der Waals surface area contributed by atoms with Crippen molar-refractivity contribution in [3.8, 4) is 5.75 Å². The Hall–Kier alpha value is -1.71. The fraction of sp³-hybridized carbons (Fsp3) is 0.125. The maximum Gasteiger partial charge on any atom is 0.534 e. The third-order valence-corrected chi connectivity index (χ3v) is 2.64. The molecule has 0 heterocycles. The molecule has 0 aliphatic carbocycles. The van der Waals surface area contributed by atoms with Crippen molar-refractivity contribution in [2.24, 2.45) is 0 Å². The Bertz CT molecular complexity index is 555. The highest BCUT2D eigenvalue weighted by Gasteiger charge is 2.48. The number of alkyl halides is 3. The van der Waals surface area contributed by atoms with Crippen molar-refractivity contribution < 1.29 is 39.3 Å². The smallest absolute Gasteiger partial charge is 0.376 e. The molecule has 0 saturated heterocycles. The molecule has 0 unspecified atom stereocenters. The van der Waals surface area contributed by atoms with E-state index in [9.17, 15) is 35.2 Å². The summed E-state index contributed by atoms with van der Waals surface area (Å²) in [4.78, 5) is 10.2. The van der Waals surface area contributed by atoms with Gasteiger partial charge in [0.25, 0.3) is 0 Å². The number of aldehydes is 1. The number of benzene rings is 1. The van der Waals surface area contributed by atoms with E-state index in [0.717, 1.165) is 0 Å². The number of carbonyl (C=O) groups is 1. The summed E-state index contributed by atoms with van der Waals surface area (Å²) in [5, 5.41) is 0. The molecule has 18 heavy (non-hydrogen) atoms. The first-order chi connectivity index (χ1) is 8.08. The van der Waals surface area contributed by atoms with E-state index in [2.05, 4.69) is 4.18 Å². The molecule has 100 valence electrons. The summed E-state index contributed by atoms with van der Waals surface area (Å²) in [6, 6.07) is 0.298. The van der Waals surface area contributed by atoms with Crippen LogP contribution < -0.4 is 4.18 Å². The minimum atomic E-state index is -6.03. The van der Waals surface area contributed by atoms with Gasteiger partial charge >= 0.3 is 15.6 Å². The molecule has 1 aromatic rings. The van der Waals surface area contributed by atoms with Crippen molar-refractivity contribution in [3.63, 3.8) is 0 Å². The van der Waals surface area contributed by atoms with E-state index in [1.54, 1.807) is 0 Å². The highest BCUT2D eigenvalue weighted by molar-refractivity contribution is 7.87. The van der Waals surface area contributed by atoms with Gasteiger partial charge in [-0.3, -0.25) is 4.79 Å². The monoisotopic (exact) mass is 290 g/mol. The van der Waals surface area contributed by atoms with Crippen LogP contribution >= 0.6 is 0 Å². The van der Waals surface area contributed by atoms with E-state index in [-0.39, 0.29) is 18.4 Å². The molecule has 1 aromatic carbocycles. The summed E-state index contributed by atoms with van der Waals surface area (Å²) < 4.78 is 86.2. The van der Waals surface area contributed by atoms with Gasteiger partial charge in [-0.05, 0) is 0 Å². The van der Waals surface area contributed by atoms with Gasteiger partial charge in [-0.2, -0.15) is 21.6 Å². The van der Waals surface area contributed by atoms with Gasteiger partial charge in [-0.1, -0.05) is 0 Å². The Morgan fingerprint density at radius 1 is 1.11 bits per heavy atom. The zero-order valence-corrected chi connectivity index (χ0v) is 8.98. The average Bonchev–Trinajstić information content (AvgIpc) is 2.14. The molecule has 0 aliphatic rings. The molecule has 1 rings (SSSR count). The number of halogens is 5. The van der Waals surface area contributed by atoms with Gasteiger partial charge in [0.05, 0.1) is 5.56 Å². The maximum absolute atomic E-state index is 13.0. The molecule has 0 bridgehead atoms. The van der Waals surface area contributed by atoms with Crippen LogP contribution in [-0.2, 0) is 10.1 Å².